The summed E-state index contributed by atoms with van der Waals surface area (Å²) in [6, 6.07) is 22.2. The SMILES string of the molecule is CCOC(=O)c1cnc2sc3cc(Oc4ccccc4CNC(=O)Nc4cc(C(C)(C)C)nn4-c4ccc(OC)cc4)ccc3n12. The van der Waals surface area contributed by atoms with Crippen molar-refractivity contribution in [3.05, 3.63) is 95.9 Å². The van der Waals surface area contributed by atoms with Crippen molar-refractivity contribution in [1.82, 2.24) is 24.5 Å². The lowest BCUT2D eigenvalue weighted by Crippen LogP contribution is -2.29. The first-order valence-corrected chi connectivity index (χ1v) is 15.6. The Hall–Kier alpha value is -5.36. The van der Waals surface area contributed by atoms with Crippen molar-refractivity contribution < 1.29 is 23.8 Å². The van der Waals surface area contributed by atoms with Gasteiger partial charge in [-0.3, -0.25) is 9.72 Å². The van der Waals surface area contributed by atoms with E-state index in [4.69, 9.17) is 19.3 Å². The Morgan fingerprint density at radius 1 is 0.978 bits per heavy atom. The van der Waals surface area contributed by atoms with E-state index in [2.05, 4.69) is 36.4 Å². The molecule has 0 aliphatic carbocycles. The minimum absolute atomic E-state index is 0.222. The number of imidazole rings is 1. The van der Waals surface area contributed by atoms with E-state index in [1.807, 2.05) is 72.8 Å². The Bertz CT molecular complexity index is 2040. The molecule has 0 bridgehead atoms. The lowest BCUT2D eigenvalue weighted by atomic mass is 9.92. The van der Waals surface area contributed by atoms with Gasteiger partial charge in [-0.25, -0.2) is 19.3 Å². The predicted octanol–water partition coefficient (Wildman–Crippen LogP) is 7.33. The molecule has 46 heavy (non-hydrogen) atoms. The number of nitrogens with zero attached hydrogens (tertiary/aromatic N) is 4. The first kappa shape index (κ1) is 30.7. The maximum absolute atomic E-state index is 13.2. The second-order valence-corrected chi connectivity index (χ2v) is 12.5. The van der Waals surface area contributed by atoms with Crippen LogP contribution >= 0.6 is 11.3 Å². The standard InChI is InChI=1S/C34H34N6O5S/c1-6-44-31(41)26-20-36-33-39(26)25-16-15-24(17-28(25)46-33)45-27-10-8-7-9-21(27)19-35-32(42)37-30-18-29(34(2,3)4)38-40(30)22-11-13-23(43-5)14-12-22/h7-18,20H,6,19H2,1-5H3,(H2,35,37,42). The zero-order chi connectivity index (χ0) is 32.4. The van der Waals surface area contributed by atoms with Crippen LogP contribution in [0.4, 0.5) is 10.6 Å². The van der Waals surface area contributed by atoms with Crippen LogP contribution in [-0.2, 0) is 16.7 Å². The number of urea groups is 1. The molecule has 3 aromatic carbocycles. The van der Waals surface area contributed by atoms with E-state index < -0.39 is 5.97 Å². The predicted molar refractivity (Wildman–Crippen MR) is 178 cm³/mol. The van der Waals surface area contributed by atoms with Gasteiger partial charge in [0.1, 0.15) is 23.1 Å². The van der Waals surface area contributed by atoms with Crippen molar-refractivity contribution in [3.8, 4) is 22.9 Å². The Kier molecular flexibility index (Phi) is 8.37. The van der Waals surface area contributed by atoms with Crippen LogP contribution in [0.1, 0.15) is 49.4 Å². The molecule has 0 fully saturated rings. The Morgan fingerprint density at radius 3 is 2.48 bits per heavy atom. The number of ether oxygens (including phenoxy) is 3. The molecule has 2 N–H and O–H groups in total. The second kappa shape index (κ2) is 12.6. The number of hydrogen-bond acceptors (Lipinski definition) is 8. The fraction of sp³-hybridized carbons (Fsp3) is 0.235. The van der Waals surface area contributed by atoms with E-state index in [1.54, 1.807) is 23.1 Å². The highest BCUT2D eigenvalue weighted by Gasteiger charge is 2.22. The third-order valence-corrected chi connectivity index (χ3v) is 8.28. The van der Waals surface area contributed by atoms with Gasteiger partial charge in [-0.1, -0.05) is 50.3 Å². The van der Waals surface area contributed by atoms with Crippen LogP contribution in [0.5, 0.6) is 17.2 Å². The number of carbonyl (C=O) groups is 2. The van der Waals surface area contributed by atoms with Crippen LogP contribution < -0.4 is 20.1 Å². The number of benzene rings is 3. The highest BCUT2D eigenvalue weighted by molar-refractivity contribution is 7.23. The van der Waals surface area contributed by atoms with E-state index in [0.717, 1.165) is 32.9 Å². The summed E-state index contributed by atoms with van der Waals surface area (Å²) in [7, 11) is 1.62. The smallest absolute Gasteiger partial charge is 0.357 e. The van der Waals surface area contributed by atoms with Crippen molar-refractivity contribution in [3.63, 3.8) is 0 Å². The number of nitrogens with one attached hydrogen (secondary N) is 2. The molecule has 0 unspecified atom stereocenters. The molecule has 0 aliphatic rings. The lowest BCUT2D eigenvalue weighted by molar-refractivity contribution is 0.0518. The quantitative estimate of drug-likeness (QED) is 0.159. The number of hydrogen-bond donors (Lipinski definition) is 2. The number of esters is 1. The zero-order valence-corrected chi connectivity index (χ0v) is 27.0. The topological polar surface area (TPSA) is 121 Å². The highest BCUT2D eigenvalue weighted by Crippen LogP contribution is 2.33. The highest BCUT2D eigenvalue weighted by atomic mass is 32.1. The maximum atomic E-state index is 13.2. The average Bonchev–Trinajstić information content (AvgIpc) is 3.74. The van der Waals surface area contributed by atoms with Gasteiger partial charge in [0.25, 0.3) is 0 Å². The molecule has 11 nitrogen and oxygen atoms in total. The molecule has 2 amide bonds. The number of rotatable bonds is 9. The molecule has 3 heterocycles. The summed E-state index contributed by atoms with van der Waals surface area (Å²) in [5, 5.41) is 10.7. The number of thiazole rings is 1. The number of carbonyl (C=O) groups excluding carboxylic acids is 2. The Labute approximate surface area is 269 Å². The Balaban J connectivity index is 1.18. The van der Waals surface area contributed by atoms with Crippen molar-refractivity contribution >= 4 is 44.3 Å². The van der Waals surface area contributed by atoms with Gasteiger partial charge in [0.15, 0.2) is 10.7 Å². The summed E-state index contributed by atoms with van der Waals surface area (Å²) in [6.45, 7) is 8.50. The largest absolute Gasteiger partial charge is 0.497 e. The van der Waals surface area contributed by atoms with Crippen LogP contribution in [0.15, 0.2) is 79.0 Å². The van der Waals surface area contributed by atoms with Crippen LogP contribution in [0.2, 0.25) is 0 Å². The van der Waals surface area contributed by atoms with Crippen molar-refractivity contribution in [2.24, 2.45) is 0 Å². The molecule has 0 atom stereocenters. The summed E-state index contributed by atoms with van der Waals surface area (Å²) >= 11 is 1.45. The first-order valence-electron chi connectivity index (χ1n) is 14.8. The second-order valence-electron chi connectivity index (χ2n) is 11.5. The van der Waals surface area contributed by atoms with Gasteiger partial charge < -0.3 is 19.5 Å². The zero-order valence-electron chi connectivity index (χ0n) is 26.2. The van der Waals surface area contributed by atoms with Gasteiger partial charge in [0.2, 0.25) is 0 Å². The minimum Gasteiger partial charge on any atom is -0.497 e. The van der Waals surface area contributed by atoms with Crippen LogP contribution in [-0.4, -0.2) is 44.9 Å². The van der Waals surface area contributed by atoms with Crippen molar-refractivity contribution in [2.45, 2.75) is 39.7 Å². The van der Waals surface area contributed by atoms with E-state index >= 15 is 0 Å². The van der Waals surface area contributed by atoms with Gasteiger partial charge in [-0.05, 0) is 49.4 Å². The van der Waals surface area contributed by atoms with E-state index in [-0.39, 0.29) is 24.6 Å². The number of anilines is 1. The number of para-hydroxylation sites is 1. The summed E-state index contributed by atoms with van der Waals surface area (Å²) in [5.74, 6) is 2.08. The third-order valence-electron chi connectivity index (χ3n) is 7.26. The summed E-state index contributed by atoms with van der Waals surface area (Å²) in [4.78, 5) is 30.6. The molecule has 6 aromatic rings. The minimum atomic E-state index is -0.416. The molecule has 0 radical (unpaired) electrons. The fourth-order valence-corrected chi connectivity index (χ4v) is 5.91. The molecule has 0 aliphatic heterocycles. The van der Waals surface area contributed by atoms with Gasteiger partial charge in [-0.15, -0.1) is 0 Å². The maximum Gasteiger partial charge on any atom is 0.357 e. The fourth-order valence-electron chi connectivity index (χ4n) is 4.88. The van der Waals surface area contributed by atoms with E-state index in [9.17, 15) is 9.59 Å². The molecule has 0 saturated heterocycles. The van der Waals surface area contributed by atoms with Crippen LogP contribution in [0.25, 0.3) is 20.9 Å². The molecular weight excluding hydrogens is 604 g/mol. The molecule has 0 saturated carbocycles. The monoisotopic (exact) mass is 638 g/mol. The number of methoxy groups -OCH3 is 1. The molecule has 3 aromatic heterocycles. The summed E-state index contributed by atoms with van der Waals surface area (Å²) in [6.07, 6.45) is 1.53. The third kappa shape index (κ3) is 6.24. The molecule has 12 heteroatoms. The lowest BCUT2D eigenvalue weighted by Gasteiger charge is -2.14. The van der Waals surface area contributed by atoms with Crippen LogP contribution in [0, 0.1) is 0 Å². The molecule has 6 rings (SSSR count). The van der Waals surface area contributed by atoms with Crippen molar-refractivity contribution in [1.29, 1.82) is 0 Å². The number of amides is 2. The molecular formula is C34H34N6O5S. The van der Waals surface area contributed by atoms with Gasteiger partial charge in [0, 0.05) is 29.7 Å². The summed E-state index contributed by atoms with van der Waals surface area (Å²) < 4.78 is 21.2. The number of aromatic nitrogens is 4. The average molecular weight is 639 g/mol. The van der Waals surface area contributed by atoms with Gasteiger partial charge in [-0.2, -0.15) is 5.10 Å². The normalized spacial score (nSPS) is 11.5. The van der Waals surface area contributed by atoms with Crippen molar-refractivity contribution in [2.75, 3.05) is 19.0 Å². The van der Waals surface area contributed by atoms with E-state index in [0.29, 0.717) is 28.0 Å². The van der Waals surface area contributed by atoms with Gasteiger partial charge in [0.05, 0.1) is 41.5 Å². The first-order chi connectivity index (χ1) is 22.1. The van der Waals surface area contributed by atoms with Gasteiger partial charge >= 0.3 is 12.0 Å². The van der Waals surface area contributed by atoms with E-state index in [1.165, 1.54) is 17.5 Å². The van der Waals surface area contributed by atoms with Crippen LogP contribution in [0.3, 0.4) is 0 Å². The summed E-state index contributed by atoms with van der Waals surface area (Å²) in [5.41, 5.74) is 3.42. The molecule has 0 spiro atoms. The Morgan fingerprint density at radius 2 is 1.74 bits per heavy atom. The molecule has 236 valence electrons. The number of fused-ring (bicyclic) bond motifs is 3.